The highest BCUT2D eigenvalue weighted by molar-refractivity contribution is 5.96. The van der Waals surface area contributed by atoms with Crippen molar-refractivity contribution < 1.29 is 14.3 Å². The van der Waals surface area contributed by atoms with Crippen molar-refractivity contribution in [2.75, 3.05) is 11.9 Å². The number of anilines is 1. The number of hydrogen-bond donors (Lipinski definition) is 2. The molecule has 5 nitrogen and oxygen atoms in total. The van der Waals surface area contributed by atoms with Gasteiger partial charge in [0.05, 0.1) is 13.0 Å². The Morgan fingerprint density at radius 3 is 2.65 bits per heavy atom. The molecule has 5 heteroatoms. The Balaban J connectivity index is 1.87. The van der Waals surface area contributed by atoms with E-state index in [0.29, 0.717) is 11.3 Å². The Labute approximate surface area is 135 Å². The third-order valence-electron chi connectivity index (χ3n) is 3.36. The van der Waals surface area contributed by atoms with Gasteiger partial charge < -0.3 is 15.8 Å². The lowest BCUT2D eigenvalue weighted by Gasteiger charge is -2.10. The van der Waals surface area contributed by atoms with Crippen LogP contribution in [0.2, 0.25) is 0 Å². The summed E-state index contributed by atoms with van der Waals surface area (Å²) in [6.45, 7) is 4.24. The Morgan fingerprint density at radius 1 is 1.13 bits per heavy atom. The van der Waals surface area contributed by atoms with Crippen LogP contribution in [0.1, 0.15) is 27.9 Å². The first-order valence-electron chi connectivity index (χ1n) is 7.35. The topological polar surface area (TPSA) is 81.4 Å². The number of carbonyl (C=O) groups is 2. The Hall–Kier alpha value is -2.82. The fraction of sp³-hybridized carbons (Fsp3) is 0.222. The average Bonchev–Trinajstić information content (AvgIpc) is 2.51. The van der Waals surface area contributed by atoms with Gasteiger partial charge in [-0.1, -0.05) is 18.2 Å². The van der Waals surface area contributed by atoms with E-state index in [1.807, 2.05) is 32.0 Å². The van der Waals surface area contributed by atoms with Crippen LogP contribution in [0.25, 0.3) is 0 Å². The smallest absolute Gasteiger partial charge is 0.248 e. The van der Waals surface area contributed by atoms with Gasteiger partial charge in [-0.15, -0.1) is 0 Å². The molecule has 0 aromatic heterocycles. The zero-order valence-corrected chi connectivity index (χ0v) is 13.3. The van der Waals surface area contributed by atoms with Gasteiger partial charge in [-0.2, -0.15) is 0 Å². The minimum Gasteiger partial charge on any atom is -0.493 e. The maximum Gasteiger partial charge on any atom is 0.248 e. The molecule has 0 bridgehead atoms. The van der Waals surface area contributed by atoms with Gasteiger partial charge in [0.1, 0.15) is 5.75 Å². The zero-order chi connectivity index (χ0) is 16.8. The van der Waals surface area contributed by atoms with Crippen LogP contribution >= 0.6 is 0 Å². The molecule has 2 rings (SSSR count). The van der Waals surface area contributed by atoms with E-state index in [4.69, 9.17) is 10.5 Å². The quantitative estimate of drug-likeness (QED) is 0.860. The average molecular weight is 312 g/mol. The van der Waals surface area contributed by atoms with Crippen LogP contribution in [0.3, 0.4) is 0 Å². The fourth-order valence-corrected chi connectivity index (χ4v) is 2.09. The zero-order valence-electron chi connectivity index (χ0n) is 13.3. The molecule has 0 saturated heterocycles. The second-order valence-electron chi connectivity index (χ2n) is 5.36. The van der Waals surface area contributed by atoms with Crippen LogP contribution in [-0.2, 0) is 4.79 Å². The molecule has 0 aliphatic carbocycles. The van der Waals surface area contributed by atoms with Crippen LogP contribution in [0, 0.1) is 13.8 Å². The van der Waals surface area contributed by atoms with E-state index in [9.17, 15) is 9.59 Å². The van der Waals surface area contributed by atoms with E-state index in [-0.39, 0.29) is 18.9 Å². The third-order valence-corrected chi connectivity index (χ3v) is 3.36. The number of hydrogen-bond acceptors (Lipinski definition) is 3. The van der Waals surface area contributed by atoms with E-state index in [1.165, 1.54) is 0 Å². The lowest BCUT2D eigenvalue weighted by Crippen LogP contribution is -2.16. The minimum absolute atomic E-state index is 0.183. The first kappa shape index (κ1) is 16.5. The van der Waals surface area contributed by atoms with E-state index in [0.717, 1.165) is 16.9 Å². The molecule has 0 saturated carbocycles. The standard InChI is InChI=1S/C18H20N2O3/c1-12-6-7-13(2)16(10-12)23-9-8-17(21)20-15-5-3-4-14(11-15)18(19)22/h3-7,10-11H,8-9H2,1-2H3,(H2,19,22)(H,20,21). The highest BCUT2D eigenvalue weighted by atomic mass is 16.5. The van der Waals surface area contributed by atoms with Crippen LogP contribution < -0.4 is 15.8 Å². The molecule has 2 amide bonds. The number of ether oxygens (including phenoxy) is 1. The number of carbonyl (C=O) groups excluding carboxylic acids is 2. The van der Waals surface area contributed by atoms with Crippen LogP contribution in [-0.4, -0.2) is 18.4 Å². The van der Waals surface area contributed by atoms with Gasteiger partial charge in [-0.25, -0.2) is 0 Å². The summed E-state index contributed by atoms with van der Waals surface area (Å²) in [4.78, 5) is 23.0. The molecule has 0 aliphatic heterocycles. The van der Waals surface area contributed by atoms with E-state index < -0.39 is 5.91 Å². The predicted molar refractivity (Wildman–Crippen MR) is 89.6 cm³/mol. The first-order chi connectivity index (χ1) is 11.0. The number of primary amides is 1. The largest absolute Gasteiger partial charge is 0.493 e. The lowest BCUT2D eigenvalue weighted by molar-refractivity contribution is -0.116. The molecule has 23 heavy (non-hydrogen) atoms. The Morgan fingerprint density at radius 2 is 1.91 bits per heavy atom. The van der Waals surface area contributed by atoms with Crippen molar-refractivity contribution in [3.63, 3.8) is 0 Å². The number of aryl methyl sites for hydroxylation is 2. The van der Waals surface area contributed by atoms with Crippen molar-refractivity contribution in [1.82, 2.24) is 0 Å². The summed E-state index contributed by atoms with van der Waals surface area (Å²) in [7, 11) is 0. The van der Waals surface area contributed by atoms with E-state index in [2.05, 4.69) is 5.32 Å². The van der Waals surface area contributed by atoms with Crippen molar-refractivity contribution in [1.29, 1.82) is 0 Å². The lowest BCUT2D eigenvalue weighted by atomic mass is 10.1. The monoisotopic (exact) mass is 312 g/mol. The van der Waals surface area contributed by atoms with Crippen molar-refractivity contribution in [3.8, 4) is 5.75 Å². The summed E-state index contributed by atoms with van der Waals surface area (Å²) >= 11 is 0. The van der Waals surface area contributed by atoms with Gasteiger partial charge in [-0.3, -0.25) is 9.59 Å². The third kappa shape index (κ3) is 4.85. The molecule has 2 aromatic rings. The van der Waals surface area contributed by atoms with Crippen LogP contribution in [0.4, 0.5) is 5.69 Å². The summed E-state index contributed by atoms with van der Waals surface area (Å²) in [6, 6.07) is 12.5. The van der Waals surface area contributed by atoms with Gasteiger partial charge in [0.25, 0.3) is 0 Å². The second kappa shape index (κ2) is 7.45. The van der Waals surface area contributed by atoms with Gasteiger partial charge in [0.2, 0.25) is 11.8 Å². The van der Waals surface area contributed by atoms with Gasteiger partial charge in [0, 0.05) is 11.3 Å². The summed E-state index contributed by atoms with van der Waals surface area (Å²) in [5.74, 6) is 0.0739. The van der Waals surface area contributed by atoms with Crippen LogP contribution in [0.15, 0.2) is 42.5 Å². The highest BCUT2D eigenvalue weighted by Gasteiger charge is 2.06. The number of rotatable bonds is 6. The maximum absolute atomic E-state index is 11.9. The molecule has 0 heterocycles. The maximum atomic E-state index is 11.9. The van der Waals surface area contributed by atoms with E-state index in [1.54, 1.807) is 24.3 Å². The molecule has 2 aromatic carbocycles. The Bertz CT molecular complexity index is 726. The van der Waals surface area contributed by atoms with Crippen molar-refractivity contribution in [2.45, 2.75) is 20.3 Å². The second-order valence-corrected chi connectivity index (χ2v) is 5.36. The molecule has 0 radical (unpaired) electrons. The molecule has 0 spiro atoms. The van der Waals surface area contributed by atoms with Gasteiger partial charge in [0.15, 0.2) is 0 Å². The predicted octanol–water partition coefficient (Wildman–Crippen LogP) is 2.81. The minimum atomic E-state index is -0.528. The van der Waals surface area contributed by atoms with Crippen molar-refractivity contribution in [2.24, 2.45) is 5.73 Å². The van der Waals surface area contributed by atoms with Crippen LogP contribution in [0.5, 0.6) is 5.75 Å². The summed E-state index contributed by atoms with van der Waals surface area (Å²) in [5.41, 5.74) is 8.25. The Kier molecular flexibility index (Phi) is 5.36. The molecule has 0 unspecified atom stereocenters. The normalized spacial score (nSPS) is 10.2. The molecule has 120 valence electrons. The molecule has 0 fully saturated rings. The molecule has 0 aliphatic rings. The molecule has 0 atom stereocenters. The molecular weight excluding hydrogens is 292 g/mol. The first-order valence-corrected chi connectivity index (χ1v) is 7.35. The number of nitrogens with two attached hydrogens (primary N) is 1. The highest BCUT2D eigenvalue weighted by Crippen LogP contribution is 2.19. The van der Waals surface area contributed by atoms with Crippen molar-refractivity contribution in [3.05, 3.63) is 59.2 Å². The summed E-state index contributed by atoms with van der Waals surface area (Å²) in [6.07, 6.45) is 0.216. The number of amides is 2. The fourth-order valence-electron chi connectivity index (χ4n) is 2.09. The van der Waals surface area contributed by atoms with Crippen molar-refractivity contribution >= 4 is 17.5 Å². The number of nitrogens with one attached hydrogen (secondary N) is 1. The summed E-state index contributed by atoms with van der Waals surface area (Å²) < 4.78 is 5.65. The molecular formula is C18H20N2O3. The summed E-state index contributed by atoms with van der Waals surface area (Å²) in [5, 5.41) is 2.72. The van der Waals surface area contributed by atoms with Gasteiger partial charge >= 0.3 is 0 Å². The SMILES string of the molecule is Cc1ccc(C)c(OCCC(=O)Nc2cccc(C(N)=O)c2)c1. The van der Waals surface area contributed by atoms with Gasteiger partial charge in [-0.05, 0) is 49.2 Å². The van der Waals surface area contributed by atoms with E-state index >= 15 is 0 Å². The number of benzene rings is 2. The molecule has 3 N–H and O–H groups in total.